The molecule has 1 fully saturated rings. The fraction of sp³-hybridized carbons (Fsp3) is 0.417. The van der Waals surface area contributed by atoms with E-state index in [1.807, 2.05) is 51.1 Å². The van der Waals surface area contributed by atoms with Crippen molar-refractivity contribution in [3.63, 3.8) is 0 Å². The fourth-order valence-electron chi connectivity index (χ4n) is 3.99. The number of carbonyl (C=O) groups is 1. The van der Waals surface area contributed by atoms with Crippen molar-refractivity contribution in [2.24, 2.45) is 0 Å². The lowest BCUT2D eigenvalue weighted by Gasteiger charge is -2.33. The number of hydrogen-bond acceptors (Lipinski definition) is 4. The molecule has 32 heavy (non-hydrogen) atoms. The Bertz CT molecular complexity index is 1110. The minimum Gasteiger partial charge on any atom is -0.444 e. The van der Waals surface area contributed by atoms with E-state index in [0.717, 1.165) is 48.5 Å². The third-order valence-electron chi connectivity index (χ3n) is 5.47. The van der Waals surface area contributed by atoms with E-state index < -0.39 is 5.60 Å². The molecule has 1 saturated heterocycles. The summed E-state index contributed by atoms with van der Waals surface area (Å²) in [5.41, 5.74) is 2.43. The molecule has 1 amide bonds. The Hall–Kier alpha value is -2.44. The second-order valence-electron chi connectivity index (χ2n) is 9.13. The van der Waals surface area contributed by atoms with Crippen molar-refractivity contribution in [2.45, 2.75) is 51.8 Å². The highest BCUT2D eigenvalue weighted by Crippen LogP contribution is 2.29. The van der Waals surface area contributed by atoms with Crippen LogP contribution in [0.5, 0.6) is 0 Å². The number of para-hydroxylation sites is 2. The molecule has 1 aliphatic heterocycles. The molecular formula is C24H28Cl2N4O2. The summed E-state index contributed by atoms with van der Waals surface area (Å²) in [4.78, 5) is 19.3. The molecule has 4 rings (SSSR count). The van der Waals surface area contributed by atoms with E-state index >= 15 is 0 Å². The first-order chi connectivity index (χ1) is 15.2. The molecule has 0 bridgehead atoms. The van der Waals surface area contributed by atoms with Crippen molar-refractivity contribution < 1.29 is 9.53 Å². The average Bonchev–Trinajstić information content (AvgIpc) is 3.08. The summed E-state index contributed by atoms with van der Waals surface area (Å²) in [5.74, 6) is 0.901. The van der Waals surface area contributed by atoms with Gasteiger partial charge in [-0.1, -0.05) is 35.3 Å². The Morgan fingerprint density at radius 3 is 2.59 bits per heavy atom. The number of fused-ring (bicyclic) bond motifs is 1. The smallest absolute Gasteiger partial charge is 0.407 e. The number of carbonyl (C=O) groups excluding carboxylic acids is 1. The van der Waals surface area contributed by atoms with Crippen LogP contribution in [0.2, 0.25) is 10.0 Å². The molecular weight excluding hydrogens is 447 g/mol. The lowest BCUT2D eigenvalue weighted by molar-refractivity contribution is 0.0497. The molecule has 6 nitrogen and oxygen atoms in total. The number of imidazole rings is 1. The van der Waals surface area contributed by atoms with Crippen molar-refractivity contribution in [1.82, 2.24) is 14.9 Å². The molecule has 0 radical (unpaired) electrons. The number of anilines is 1. The molecule has 0 saturated carbocycles. The SMILES string of the molecule is CC(C)(C)OC(=O)NC1CCN(c2nc3ccccc3n2Cc2cc(Cl)ccc2Cl)CC1. The van der Waals surface area contributed by atoms with Crippen molar-refractivity contribution >= 4 is 46.3 Å². The maximum absolute atomic E-state index is 12.1. The number of ether oxygens (including phenoxy) is 1. The van der Waals surface area contributed by atoms with Crippen LogP contribution in [-0.2, 0) is 11.3 Å². The second kappa shape index (κ2) is 9.20. The topological polar surface area (TPSA) is 59.4 Å². The first-order valence-electron chi connectivity index (χ1n) is 10.8. The zero-order valence-corrected chi connectivity index (χ0v) is 20.1. The summed E-state index contributed by atoms with van der Waals surface area (Å²) in [6, 6.07) is 13.7. The monoisotopic (exact) mass is 474 g/mol. The van der Waals surface area contributed by atoms with Gasteiger partial charge in [0.25, 0.3) is 0 Å². The van der Waals surface area contributed by atoms with Crippen LogP contribution in [0.15, 0.2) is 42.5 Å². The number of hydrogen-bond donors (Lipinski definition) is 1. The van der Waals surface area contributed by atoms with Crippen LogP contribution >= 0.6 is 23.2 Å². The minimum absolute atomic E-state index is 0.0845. The third kappa shape index (κ3) is 5.30. The van der Waals surface area contributed by atoms with E-state index in [0.29, 0.717) is 16.6 Å². The van der Waals surface area contributed by atoms with Gasteiger partial charge in [0.05, 0.1) is 17.6 Å². The van der Waals surface area contributed by atoms with Crippen LogP contribution in [0.3, 0.4) is 0 Å². The van der Waals surface area contributed by atoms with Gasteiger partial charge in [-0.05, 0) is 69.5 Å². The minimum atomic E-state index is -0.503. The lowest BCUT2D eigenvalue weighted by Crippen LogP contribution is -2.46. The highest BCUT2D eigenvalue weighted by Gasteiger charge is 2.26. The van der Waals surface area contributed by atoms with E-state index in [-0.39, 0.29) is 12.1 Å². The molecule has 0 unspecified atom stereocenters. The standard InChI is InChI=1S/C24H28Cl2N4O2/c1-24(2,3)32-23(31)27-18-10-12-29(13-11-18)22-28-20-6-4-5-7-21(20)30(22)15-16-14-17(25)8-9-19(16)26/h4-9,14,18H,10-13,15H2,1-3H3,(H,27,31). The van der Waals surface area contributed by atoms with Crippen molar-refractivity contribution in [2.75, 3.05) is 18.0 Å². The van der Waals surface area contributed by atoms with Gasteiger partial charge in [-0.3, -0.25) is 0 Å². The Labute approximate surface area is 198 Å². The Morgan fingerprint density at radius 2 is 1.88 bits per heavy atom. The first-order valence-corrected chi connectivity index (χ1v) is 11.6. The molecule has 0 atom stereocenters. The van der Waals surface area contributed by atoms with Crippen LogP contribution < -0.4 is 10.2 Å². The quantitative estimate of drug-likeness (QED) is 0.512. The van der Waals surface area contributed by atoms with Gasteiger partial charge >= 0.3 is 6.09 Å². The van der Waals surface area contributed by atoms with Crippen LogP contribution in [-0.4, -0.2) is 40.4 Å². The van der Waals surface area contributed by atoms with E-state index in [4.69, 9.17) is 32.9 Å². The zero-order chi connectivity index (χ0) is 22.9. The number of rotatable bonds is 4. The molecule has 1 aliphatic rings. The number of amides is 1. The van der Waals surface area contributed by atoms with Gasteiger partial charge in [0.15, 0.2) is 0 Å². The summed E-state index contributed by atoms with van der Waals surface area (Å²) < 4.78 is 7.58. The summed E-state index contributed by atoms with van der Waals surface area (Å²) in [6.45, 7) is 7.75. The van der Waals surface area contributed by atoms with Gasteiger partial charge < -0.3 is 19.5 Å². The van der Waals surface area contributed by atoms with Crippen LogP contribution in [0.4, 0.5) is 10.7 Å². The molecule has 2 heterocycles. The molecule has 0 aliphatic carbocycles. The van der Waals surface area contributed by atoms with Gasteiger partial charge in [-0.25, -0.2) is 9.78 Å². The molecule has 8 heteroatoms. The lowest BCUT2D eigenvalue weighted by atomic mass is 10.1. The molecule has 0 spiro atoms. The number of nitrogens with one attached hydrogen (secondary N) is 1. The first kappa shape index (κ1) is 22.7. The number of nitrogens with zero attached hydrogens (tertiary/aromatic N) is 3. The average molecular weight is 475 g/mol. The predicted octanol–water partition coefficient (Wildman–Crippen LogP) is 5.88. The van der Waals surface area contributed by atoms with Crippen molar-refractivity contribution in [1.29, 1.82) is 0 Å². The fourth-order valence-corrected chi connectivity index (χ4v) is 4.36. The van der Waals surface area contributed by atoms with Gasteiger partial charge in [-0.15, -0.1) is 0 Å². The summed E-state index contributed by atoms with van der Waals surface area (Å²) in [7, 11) is 0. The number of halogens is 2. The van der Waals surface area contributed by atoms with Crippen LogP contribution in [0, 0.1) is 0 Å². The van der Waals surface area contributed by atoms with Gasteiger partial charge in [0.1, 0.15) is 5.60 Å². The zero-order valence-electron chi connectivity index (χ0n) is 18.6. The van der Waals surface area contributed by atoms with Crippen molar-refractivity contribution in [3.05, 3.63) is 58.1 Å². The summed E-state index contributed by atoms with van der Waals surface area (Å²) >= 11 is 12.7. The molecule has 3 aromatic rings. The largest absolute Gasteiger partial charge is 0.444 e. The van der Waals surface area contributed by atoms with Crippen LogP contribution in [0.1, 0.15) is 39.2 Å². The molecule has 2 aromatic carbocycles. The van der Waals surface area contributed by atoms with Gasteiger partial charge in [-0.2, -0.15) is 0 Å². The van der Waals surface area contributed by atoms with E-state index in [1.54, 1.807) is 6.07 Å². The predicted molar refractivity (Wildman–Crippen MR) is 130 cm³/mol. The molecule has 170 valence electrons. The normalized spacial score (nSPS) is 15.2. The molecule has 1 aromatic heterocycles. The maximum Gasteiger partial charge on any atom is 0.407 e. The number of aromatic nitrogens is 2. The van der Waals surface area contributed by atoms with Crippen LogP contribution in [0.25, 0.3) is 11.0 Å². The maximum atomic E-state index is 12.1. The third-order valence-corrected chi connectivity index (χ3v) is 6.07. The molecule has 1 N–H and O–H groups in total. The van der Waals surface area contributed by atoms with E-state index in [2.05, 4.69) is 20.9 Å². The number of alkyl carbamates (subject to hydrolysis) is 1. The number of benzene rings is 2. The van der Waals surface area contributed by atoms with Gasteiger partial charge in [0, 0.05) is 29.2 Å². The van der Waals surface area contributed by atoms with Gasteiger partial charge in [0.2, 0.25) is 5.95 Å². The van der Waals surface area contributed by atoms with E-state index in [9.17, 15) is 4.79 Å². The Balaban J connectivity index is 1.53. The second-order valence-corrected chi connectivity index (χ2v) is 9.97. The Kier molecular flexibility index (Phi) is 6.54. The number of piperidine rings is 1. The Morgan fingerprint density at radius 1 is 1.16 bits per heavy atom. The van der Waals surface area contributed by atoms with Crippen molar-refractivity contribution in [3.8, 4) is 0 Å². The highest BCUT2D eigenvalue weighted by molar-refractivity contribution is 6.33. The van der Waals surface area contributed by atoms with E-state index in [1.165, 1.54) is 0 Å². The highest BCUT2D eigenvalue weighted by atomic mass is 35.5. The summed E-state index contributed by atoms with van der Waals surface area (Å²) in [6.07, 6.45) is 1.28. The summed E-state index contributed by atoms with van der Waals surface area (Å²) in [5, 5.41) is 4.33.